The first kappa shape index (κ1) is 4.18. The molecule has 0 atom stereocenters. The Morgan fingerprint density at radius 3 is 2.92 bits per heavy atom. The van der Waals surface area contributed by atoms with E-state index in [2.05, 4.69) is 25.9 Å². The minimum absolute atomic E-state index is 0.0314. The lowest BCUT2D eigenvalue weighted by Crippen LogP contribution is -1.94. The summed E-state index contributed by atoms with van der Waals surface area (Å²) in [5.41, 5.74) is 5.73. The van der Waals surface area contributed by atoms with E-state index in [9.17, 15) is 0 Å². The van der Waals surface area contributed by atoms with E-state index < -0.39 is 0 Å². The minimum atomic E-state index is -0.338. The van der Waals surface area contributed by atoms with E-state index in [1.807, 2.05) is 0 Å². The van der Waals surface area contributed by atoms with Crippen molar-refractivity contribution >= 4 is 32.7 Å². The second-order valence-corrected chi connectivity index (χ2v) is 2.81. The standard InChI is InChI=1S/C8H6BrN3/c9-8-11-6-4-2-1-3-5(6)7(10)12-8/h1-4H,(H2,10,11,12)/i1D,2D,3D,4D. The maximum Gasteiger partial charge on any atom is 0.199 e. The molecule has 0 aliphatic carbocycles. The Morgan fingerprint density at radius 2 is 2.08 bits per heavy atom. The maximum atomic E-state index is 7.67. The van der Waals surface area contributed by atoms with Crippen molar-refractivity contribution in [3.05, 3.63) is 28.9 Å². The molecule has 0 fully saturated rings. The minimum Gasteiger partial charge on any atom is -0.383 e. The van der Waals surface area contributed by atoms with Crippen molar-refractivity contribution in [3.8, 4) is 0 Å². The van der Waals surface area contributed by atoms with Crippen molar-refractivity contribution in [2.24, 2.45) is 0 Å². The highest BCUT2D eigenvalue weighted by Crippen LogP contribution is 2.18. The molecule has 60 valence electrons. The number of nitrogen functional groups attached to an aromatic ring is 1. The van der Waals surface area contributed by atoms with Gasteiger partial charge < -0.3 is 5.73 Å². The molecule has 1 aromatic carbocycles. The van der Waals surface area contributed by atoms with Crippen LogP contribution in [0.3, 0.4) is 0 Å². The van der Waals surface area contributed by atoms with Crippen LogP contribution < -0.4 is 5.73 Å². The second kappa shape index (κ2) is 2.71. The van der Waals surface area contributed by atoms with Gasteiger partial charge in [-0.1, -0.05) is 12.1 Å². The number of benzene rings is 1. The molecule has 1 aromatic heterocycles. The van der Waals surface area contributed by atoms with E-state index in [-0.39, 0.29) is 45.6 Å². The van der Waals surface area contributed by atoms with Crippen molar-refractivity contribution in [3.63, 3.8) is 0 Å². The molecule has 2 rings (SSSR count). The van der Waals surface area contributed by atoms with Gasteiger partial charge >= 0.3 is 0 Å². The number of nitrogens with zero attached hydrogens (tertiary/aromatic N) is 2. The first-order valence-electron chi connectivity index (χ1n) is 5.12. The van der Waals surface area contributed by atoms with Gasteiger partial charge in [0.1, 0.15) is 5.82 Å². The Hall–Kier alpha value is -1.16. The Bertz CT molecular complexity index is 602. The normalized spacial score (nSPS) is 15.1. The summed E-state index contributed by atoms with van der Waals surface area (Å²) in [4.78, 5) is 7.72. The van der Waals surface area contributed by atoms with Crippen LogP contribution in [0.15, 0.2) is 28.9 Å². The Kier molecular flexibility index (Phi) is 0.945. The van der Waals surface area contributed by atoms with E-state index >= 15 is 0 Å². The molecule has 3 nitrogen and oxygen atoms in total. The van der Waals surface area contributed by atoms with Crippen molar-refractivity contribution < 1.29 is 5.48 Å². The molecule has 0 aliphatic heterocycles. The predicted molar refractivity (Wildman–Crippen MR) is 51.7 cm³/mol. The number of halogens is 1. The molecule has 2 N–H and O–H groups in total. The first-order valence-corrected chi connectivity index (χ1v) is 3.92. The van der Waals surface area contributed by atoms with Crippen LogP contribution in [-0.2, 0) is 0 Å². The highest BCUT2D eigenvalue weighted by Gasteiger charge is 2.00. The summed E-state index contributed by atoms with van der Waals surface area (Å²) in [7, 11) is 0. The quantitative estimate of drug-likeness (QED) is 0.701. The van der Waals surface area contributed by atoms with Crippen LogP contribution in [0.5, 0.6) is 0 Å². The Balaban J connectivity index is 3.08. The zero-order valence-corrected chi connectivity index (χ0v) is 7.44. The highest BCUT2D eigenvalue weighted by atomic mass is 79.9. The Morgan fingerprint density at radius 1 is 1.33 bits per heavy atom. The van der Waals surface area contributed by atoms with Crippen LogP contribution in [0.4, 0.5) is 5.82 Å². The van der Waals surface area contributed by atoms with Gasteiger partial charge in [-0.2, -0.15) is 0 Å². The van der Waals surface area contributed by atoms with Crippen molar-refractivity contribution in [1.29, 1.82) is 0 Å². The molecule has 0 aliphatic rings. The van der Waals surface area contributed by atoms with Gasteiger partial charge in [0, 0.05) is 5.39 Å². The summed E-state index contributed by atoms with van der Waals surface area (Å²) in [5, 5.41) is 0.147. The van der Waals surface area contributed by atoms with Gasteiger partial charge in [0.05, 0.1) is 11.0 Å². The monoisotopic (exact) mass is 227 g/mol. The van der Waals surface area contributed by atoms with Gasteiger partial charge in [-0.3, -0.25) is 0 Å². The number of rotatable bonds is 0. The van der Waals surface area contributed by atoms with Crippen LogP contribution in [0.2, 0.25) is 0 Å². The van der Waals surface area contributed by atoms with Crippen LogP contribution in [0, 0.1) is 0 Å². The smallest absolute Gasteiger partial charge is 0.199 e. The molecule has 0 amide bonds. The van der Waals surface area contributed by atoms with E-state index in [4.69, 9.17) is 11.2 Å². The second-order valence-electron chi connectivity index (χ2n) is 2.10. The highest BCUT2D eigenvalue weighted by molar-refractivity contribution is 9.10. The number of nitrogens with two attached hydrogens (primary N) is 1. The molecule has 12 heavy (non-hydrogen) atoms. The maximum absolute atomic E-state index is 7.67. The van der Waals surface area contributed by atoms with Gasteiger partial charge in [0.15, 0.2) is 4.73 Å². The van der Waals surface area contributed by atoms with Crippen LogP contribution in [0.1, 0.15) is 5.48 Å². The lowest BCUT2D eigenvalue weighted by Gasteiger charge is -1.99. The average molecular weight is 228 g/mol. The average Bonchev–Trinajstić information content (AvgIpc) is 2.22. The third-order valence-electron chi connectivity index (χ3n) is 1.34. The third kappa shape index (κ3) is 1.14. The molecular weight excluding hydrogens is 218 g/mol. The molecule has 0 unspecified atom stereocenters. The summed E-state index contributed by atoms with van der Waals surface area (Å²) in [6, 6.07) is -1.11. The molecule has 0 saturated heterocycles. The Labute approximate surface area is 83.4 Å². The lowest BCUT2D eigenvalue weighted by molar-refractivity contribution is 1.17. The number of aromatic nitrogens is 2. The largest absolute Gasteiger partial charge is 0.383 e. The van der Waals surface area contributed by atoms with Crippen LogP contribution in [-0.4, -0.2) is 9.97 Å². The number of anilines is 1. The molecule has 0 saturated carbocycles. The number of hydrogen-bond acceptors (Lipinski definition) is 3. The third-order valence-corrected chi connectivity index (χ3v) is 1.70. The molecule has 4 heteroatoms. The van der Waals surface area contributed by atoms with Gasteiger partial charge in [0.25, 0.3) is 0 Å². The summed E-state index contributed by atoms with van der Waals surface area (Å²) >= 11 is 3.03. The topological polar surface area (TPSA) is 51.8 Å². The zero-order chi connectivity index (χ0) is 12.0. The van der Waals surface area contributed by atoms with Crippen molar-refractivity contribution in [2.75, 3.05) is 5.73 Å². The SMILES string of the molecule is [2H]c1c([2H])c([2H])c2c(N)nc(Br)nc2c1[2H]. The zero-order valence-electron chi connectivity index (χ0n) is 9.85. The van der Waals surface area contributed by atoms with E-state index in [0.29, 0.717) is 0 Å². The summed E-state index contributed by atoms with van der Waals surface area (Å²) in [6.07, 6.45) is 0. The predicted octanol–water partition coefficient (Wildman–Crippen LogP) is 1.97. The van der Waals surface area contributed by atoms with Crippen LogP contribution >= 0.6 is 15.9 Å². The van der Waals surface area contributed by atoms with Gasteiger partial charge in [0.2, 0.25) is 0 Å². The molecule has 0 spiro atoms. The summed E-state index contributed by atoms with van der Waals surface area (Å²) in [5.74, 6) is 0.0314. The number of fused-ring (bicyclic) bond motifs is 1. The fourth-order valence-corrected chi connectivity index (χ4v) is 1.22. The lowest BCUT2D eigenvalue weighted by atomic mass is 10.2. The van der Waals surface area contributed by atoms with Crippen molar-refractivity contribution in [2.45, 2.75) is 0 Å². The molecular formula is C8H6BrN3. The molecule has 2 aromatic rings. The van der Waals surface area contributed by atoms with Crippen molar-refractivity contribution in [1.82, 2.24) is 9.97 Å². The number of hydrogen-bond donors (Lipinski definition) is 1. The van der Waals surface area contributed by atoms with Gasteiger partial charge in [-0.25, -0.2) is 9.97 Å². The summed E-state index contributed by atoms with van der Waals surface area (Å²) < 4.78 is 30.5. The van der Waals surface area contributed by atoms with E-state index in [0.717, 1.165) is 0 Å². The molecule has 0 radical (unpaired) electrons. The van der Waals surface area contributed by atoms with E-state index in [1.54, 1.807) is 0 Å². The van der Waals surface area contributed by atoms with E-state index in [1.165, 1.54) is 0 Å². The fraction of sp³-hybridized carbons (Fsp3) is 0. The van der Waals surface area contributed by atoms with Gasteiger partial charge in [-0.15, -0.1) is 0 Å². The molecule has 1 heterocycles. The van der Waals surface area contributed by atoms with Crippen LogP contribution in [0.25, 0.3) is 10.9 Å². The fourth-order valence-electron chi connectivity index (χ4n) is 0.848. The van der Waals surface area contributed by atoms with Gasteiger partial charge in [-0.05, 0) is 28.0 Å². The summed E-state index contributed by atoms with van der Waals surface area (Å²) in [6.45, 7) is 0. The number of para-hydroxylation sites is 1. The first-order chi connectivity index (χ1) is 7.43. The molecule has 0 bridgehead atoms.